The van der Waals surface area contributed by atoms with Gasteiger partial charge in [0, 0.05) is 16.6 Å². The van der Waals surface area contributed by atoms with Crippen molar-refractivity contribution in [3.63, 3.8) is 0 Å². The number of methoxy groups -OCH3 is 2. The summed E-state index contributed by atoms with van der Waals surface area (Å²) in [6.07, 6.45) is 0.441. The van der Waals surface area contributed by atoms with E-state index in [1.165, 1.54) is 29.2 Å². The molecule has 1 fully saturated rings. The standard InChI is InChI=1S/C27H23BrFNO5/c1-34-21-12-3-16(15-22(21)35-2)13-14-30-24(17-4-8-19(28)9-5-17)23(26(32)27(30)33)25(31)18-6-10-20(29)11-7-18/h3-12,15,24,31H,13-14H2,1-2H3/b25-23-. The van der Waals surface area contributed by atoms with E-state index in [9.17, 15) is 19.1 Å². The van der Waals surface area contributed by atoms with Crippen LogP contribution in [-0.4, -0.2) is 42.5 Å². The molecule has 35 heavy (non-hydrogen) atoms. The summed E-state index contributed by atoms with van der Waals surface area (Å²) in [5.41, 5.74) is 1.78. The van der Waals surface area contributed by atoms with Gasteiger partial charge >= 0.3 is 0 Å². The zero-order valence-electron chi connectivity index (χ0n) is 19.1. The molecule has 0 spiro atoms. The first-order valence-electron chi connectivity index (χ1n) is 10.8. The van der Waals surface area contributed by atoms with Crippen LogP contribution < -0.4 is 9.47 Å². The molecule has 1 atom stereocenters. The van der Waals surface area contributed by atoms with Crippen molar-refractivity contribution < 1.29 is 28.6 Å². The summed E-state index contributed by atoms with van der Waals surface area (Å²) in [4.78, 5) is 27.7. The summed E-state index contributed by atoms with van der Waals surface area (Å²) in [5.74, 6) is -1.15. The topological polar surface area (TPSA) is 76.1 Å². The Balaban J connectivity index is 1.73. The van der Waals surface area contributed by atoms with Gasteiger partial charge in [-0.15, -0.1) is 0 Å². The van der Waals surface area contributed by atoms with Gasteiger partial charge in [0.25, 0.3) is 11.7 Å². The molecule has 0 aromatic heterocycles. The summed E-state index contributed by atoms with van der Waals surface area (Å²) in [7, 11) is 3.10. The number of halogens is 2. The van der Waals surface area contributed by atoms with Crippen molar-refractivity contribution >= 4 is 33.4 Å². The maximum Gasteiger partial charge on any atom is 0.295 e. The van der Waals surface area contributed by atoms with E-state index in [1.54, 1.807) is 32.4 Å². The predicted octanol–water partition coefficient (Wildman–Crippen LogP) is 5.27. The van der Waals surface area contributed by atoms with Crippen LogP contribution in [0.25, 0.3) is 5.76 Å². The van der Waals surface area contributed by atoms with E-state index in [-0.39, 0.29) is 23.4 Å². The van der Waals surface area contributed by atoms with Crippen molar-refractivity contribution in [2.45, 2.75) is 12.5 Å². The third-order valence-electron chi connectivity index (χ3n) is 5.93. The van der Waals surface area contributed by atoms with Gasteiger partial charge in [-0.3, -0.25) is 9.59 Å². The van der Waals surface area contributed by atoms with E-state index in [4.69, 9.17) is 9.47 Å². The van der Waals surface area contributed by atoms with Crippen LogP contribution in [0.2, 0.25) is 0 Å². The largest absolute Gasteiger partial charge is 0.507 e. The minimum absolute atomic E-state index is 0.0313. The van der Waals surface area contributed by atoms with Crippen molar-refractivity contribution in [2.75, 3.05) is 20.8 Å². The van der Waals surface area contributed by atoms with E-state index in [0.717, 1.165) is 10.0 Å². The number of ketones is 1. The zero-order chi connectivity index (χ0) is 25.1. The number of carbonyl (C=O) groups is 2. The third kappa shape index (κ3) is 4.93. The molecule has 0 bridgehead atoms. The van der Waals surface area contributed by atoms with E-state index in [2.05, 4.69) is 15.9 Å². The van der Waals surface area contributed by atoms with Gasteiger partial charge in [0.2, 0.25) is 0 Å². The van der Waals surface area contributed by atoms with Crippen LogP contribution in [0.1, 0.15) is 22.7 Å². The Morgan fingerprint density at radius 2 is 1.63 bits per heavy atom. The molecule has 8 heteroatoms. The van der Waals surface area contributed by atoms with Crippen LogP contribution in [0.15, 0.2) is 76.8 Å². The van der Waals surface area contributed by atoms with Gasteiger partial charge in [-0.25, -0.2) is 4.39 Å². The SMILES string of the molecule is COc1ccc(CCN2C(=O)C(=O)/C(=C(\O)c3ccc(F)cc3)C2c2ccc(Br)cc2)cc1OC. The molecule has 1 aliphatic heterocycles. The zero-order valence-corrected chi connectivity index (χ0v) is 20.7. The van der Waals surface area contributed by atoms with E-state index in [0.29, 0.717) is 23.5 Å². The van der Waals surface area contributed by atoms with Crippen molar-refractivity contribution in [3.8, 4) is 11.5 Å². The number of likely N-dealkylation sites (tertiary alicyclic amines) is 1. The van der Waals surface area contributed by atoms with Crippen molar-refractivity contribution in [2.24, 2.45) is 0 Å². The predicted molar refractivity (Wildman–Crippen MR) is 133 cm³/mol. The fraction of sp³-hybridized carbons (Fsp3) is 0.185. The third-order valence-corrected chi connectivity index (χ3v) is 6.46. The monoisotopic (exact) mass is 539 g/mol. The van der Waals surface area contributed by atoms with Gasteiger partial charge in [0.15, 0.2) is 11.5 Å². The first kappa shape index (κ1) is 24.5. The fourth-order valence-corrected chi connectivity index (χ4v) is 4.42. The summed E-state index contributed by atoms with van der Waals surface area (Å²) >= 11 is 3.40. The van der Waals surface area contributed by atoms with Gasteiger partial charge in [0.1, 0.15) is 11.6 Å². The number of nitrogens with zero attached hydrogens (tertiary/aromatic N) is 1. The highest BCUT2D eigenvalue weighted by Crippen LogP contribution is 2.40. The molecule has 1 saturated heterocycles. The molecule has 3 aromatic rings. The average molecular weight is 540 g/mol. The Kier molecular flexibility index (Phi) is 7.21. The second kappa shape index (κ2) is 10.3. The Morgan fingerprint density at radius 1 is 0.971 bits per heavy atom. The maximum absolute atomic E-state index is 13.4. The summed E-state index contributed by atoms with van der Waals surface area (Å²) < 4.78 is 24.9. The second-order valence-corrected chi connectivity index (χ2v) is 8.91. The molecule has 6 nitrogen and oxygen atoms in total. The number of ether oxygens (including phenoxy) is 2. The number of hydrogen-bond acceptors (Lipinski definition) is 5. The number of hydrogen-bond donors (Lipinski definition) is 1. The Bertz CT molecular complexity index is 1290. The average Bonchev–Trinajstić information content (AvgIpc) is 3.12. The number of aliphatic hydroxyl groups excluding tert-OH is 1. The molecule has 1 N–H and O–H groups in total. The molecule has 180 valence electrons. The number of aliphatic hydroxyl groups is 1. The summed E-state index contributed by atoms with van der Waals surface area (Å²) in [6, 6.07) is 17.0. The lowest BCUT2D eigenvalue weighted by Gasteiger charge is -2.25. The van der Waals surface area contributed by atoms with Crippen LogP contribution in [-0.2, 0) is 16.0 Å². The number of benzene rings is 3. The molecule has 1 heterocycles. The lowest BCUT2D eigenvalue weighted by molar-refractivity contribution is -0.139. The highest BCUT2D eigenvalue weighted by atomic mass is 79.9. The van der Waals surface area contributed by atoms with Crippen LogP contribution >= 0.6 is 15.9 Å². The Hall–Kier alpha value is -3.65. The first-order chi connectivity index (χ1) is 16.8. The van der Waals surface area contributed by atoms with Crippen molar-refractivity contribution in [1.82, 2.24) is 4.90 Å². The van der Waals surface area contributed by atoms with Crippen molar-refractivity contribution in [3.05, 3.63) is 99.3 Å². The van der Waals surface area contributed by atoms with Crippen LogP contribution in [0.3, 0.4) is 0 Å². The van der Waals surface area contributed by atoms with Crippen LogP contribution in [0, 0.1) is 5.82 Å². The normalized spacial score (nSPS) is 17.0. The lowest BCUT2D eigenvalue weighted by atomic mass is 9.95. The molecule has 0 aliphatic carbocycles. The molecule has 0 saturated carbocycles. The van der Waals surface area contributed by atoms with Crippen LogP contribution in [0.5, 0.6) is 11.5 Å². The number of Topliss-reactive ketones (excluding diaryl/α,β-unsaturated/α-hetero) is 1. The first-order valence-corrected chi connectivity index (χ1v) is 11.6. The minimum atomic E-state index is -0.798. The molecule has 0 radical (unpaired) electrons. The van der Waals surface area contributed by atoms with E-state index >= 15 is 0 Å². The highest BCUT2D eigenvalue weighted by molar-refractivity contribution is 9.10. The maximum atomic E-state index is 13.4. The van der Waals surface area contributed by atoms with Crippen molar-refractivity contribution in [1.29, 1.82) is 0 Å². The highest BCUT2D eigenvalue weighted by Gasteiger charge is 2.45. The fourth-order valence-electron chi connectivity index (χ4n) is 4.15. The molecule has 1 aliphatic rings. The molecule has 4 rings (SSSR count). The van der Waals surface area contributed by atoms with Gasteiger partial charge in [-0.2, -0.15) is 0 Å². The van der Waals surface area contributed by atoms with Gasteiger partial charge in [0.05, 0.1) is 25.8 Å². The van der Waals surface area contributed by atoms with Gasteiger partial charge < -0.3 is 19.5 Å². The van der Waals surface area contributed by atoms with Gasteiger partial charge in [-0.1, -0.05) is 34.1 Å². The molecular weight excluding hydrogens is 517 g/mol. The Labute approximate surface area is 210 Å². The lowest BCUT2D eigenvalue weighted by Crippen LogP contribution is -2.31. The number of amides is 1. The molecule has 3 aromatic carbocycles. The second-order valence-electron chi connectivity index (χ2n) is 7.99. The number of carbonyl (C=O) groups excluding carboxylic acids is 2. The van der Waals surface area contributed by atoms with E-state index in [1.807, 2.05) is 24.3 Å². The van der Waals surface area contributed by atoms with E-state index < -0.39 is 23.5 Å². The smallest absolute Gasteiger partial charge is 0.295 e. The minimum Gasteiger partial charge on any atom is -0.507 e. The quantitative estimate of drug-likeness (QED) is 0.251. The molecule has 1 amide bonds. The summed E-state index contributed by atoms with van der Waals surface area (Å²) in [6.45, 7) is 0.223. The molecular formula is C27H23BrFNO5. The molecule has 1 unspecified atom stereocenters. The van der Waals surface area contributed by atoms with Crippen LogP contribution in [0.4, 0.5) is 4.39 Å². The summed E-state index contributed by atoms with van der Waals surface area (Å²) in [5, 5.41) is 11.0. The van der Waals surface area contributed by atoms with Gasteiger partial charge in [-0.05, 0) is 66.1 Å². The number of rotatable bonds is 7. The Morgan fingerprint density at radius 3 is 2.26 bits per heavy atom.